The number of benzene rings is 11. The molecule has 4 saturated heterocycles. The molecule has 1 saturated carbocycles. The molecule has 20 atom stereocenters. The van der Waals surface area contributed by atoms with E-state index in [1.54, 1.807) is 261 Å². The molecule has 35 nitrogen and oxygen atoms in total. The molecule has 1 aliphatic carbocycles. The molecule has 5 N–H and O–H groups in total. The fraction of sp³-hybridized carbons (Fsp3) is 0.280. The van der Waals surface area contributed by atoms with E-state index in [1.807, 2.05) is 0 Å². The minimum Gasteiger partial charge on any atom is -0.454 e. The number of hydrogen-bond donors (Lipinski definition) is 5. The number of amides is 5. The molecule has 5 fully saturated rings. The second kappa shape index (κ2) is 49.8. The smallest absolute Gasteiger partial charge is 0.407 e. The highest BCUT2D eigenvalue weighted by atomic mass is 16.8. The Morgan fingerprint density at radius 1 is 0.303 bits per heavy atom. The molecule has 0 aromatic heterocycles. The molecule has 4 aliphatic heterocycles. The second-order valence-electron chi connectivity index (χ2n) is 33.3. The molecular weight excluding hydrogens is 1840 g/mol. The van der Waals surface area contributed by atoms with Gasteiger partial charge in [-0.05, 0) is 94.9 Å². The Hall–Kier alpha value is -15.6. The van der Waals surface area contributed by atoms with Gasteiger partial charge in [-0.2, -0.15) is 0 Å². The van der Waals surface area contributed by atoms with Crippen LogP contribution in [0.4, 0.5) is 24.0 Å². The van der Waals surface area contributed by atoms with E-state index in [2.05, 4.69) is 26.6 Å². The minimum absolute atomic E-state index is 0.0298. The standard InChI is InChI=1S/C107H101N5O30/c113-56-57-124-65-81-89(141-100-83(111-106(122)129-63-70-40-18-4-19-41-70)90(136-96(116)74-48-26-8-27-49-74)87(135-95(115)73-46-24-7-25-47-73)80(131-100)59-108-103(119)126-60-67-34-12-1-13-35-67)93(138-98(118)76-52-30-10-31-53-76)102(133-81)142-92-85(134-94(114)72-44-22-6-23-45-72)78(109-104(120)127-61-68-36-14-2-15-37-68)58-79(110-105(121)128-62-69-38-16-3-17-39-69)86(92)139-101-84(112-107(123)130-64-71-42-20-5-21-43-71)91(137-97(117)75-50-28-9-29-51-75)88-82(132-101)66-125-99(140-88)77-54-32-11-33-55-77/h1-56,78-93,99-102H,57-66H2,(H,108,119)(H,109,120)(H,110,121)(H,111,122)(H,112,123). The van der Waals surface area contributed by atoms with E-state index in [4.69, 9.17) is 90.0 Å². The number of alkyl carbamates (subject to hydrolysis) is 5. The van der Waals surface area contributed by atoms with E-state index in [0.29, 0.717) is 39.7 Å². The van der Waals surface area contributed by atoms with E-state index >= 15 is 38.4 Å². The Balaban J connectivity index is 0.867. The van der Waals surface area contributed by atoms with Crippen molar-refractivity contribution in [1.82, 2.24) is 26.6 Å². The topological polar surface area (TPSA) is 423 Å². The molecule has 5 aliphatic rings. The van der Waals surface area contributed by atoms with Crippen molar-refractivity contribution in [3.05, 3.63) is 395 Å². The molecule has 142 heavy (non-hydrogen) atoms. The summed E-state index contributed by atoms with van der Waals surface area (Å²) in [5.74, 6) is -5.29. The van der Waals surface area contributed by atoms with Crippen LogP contribution in [0.2, 0.25) is 0 Å². The molecule has 11 aromatic rings. The third-order valence-electron chi connectivity index (χ3n) is 23.6. The first-order chi connectivity index (χ1) is 69.5. The normalized spacial score (nSPS) is 24.2. The van der Waals surface area contributed by atoms with Crippen molar-refractivity contribution in [3.63, 3.8) is 0 Å². The Morgan fingerprint density at radius 3 is 1.04 bits per heavy atom. The van der Waals surface area contributed by atoms with Gasteiger partial charge in [0, 0.05) is 5.56 Å². The summed E-state index contributed by atoms with van der Waals surface area (Å²) in [5, 5.41) is 14.1. The van der Waals surface area contributed by atoms with Crippen molar-refractivity contribution < 1.29 is 143 Å². The number of esters is 5. The maximum atomic E-state index is 15.7. The summed E-state index contributed by atoms with van der Waals surface area (Å²) < 4.78 is 126. The first-order valence-electron chi connectivity index (χ1n) is 45.9. The number of ether oxygens (including phenoxy) is 19. The molecule has 16 rings (SSSR count). The lowest BCUT2D eigenvalue weighted by Crippen LogP contribution is -2.71. The summed E-state index contributed by atoms with van der Waals surface area (Å²) in [6.07, 6.45) is -36.0. The summed E-state index contributed by atoms with van der Waals surface area (Å²) in [6.45, 7) is -4.12. The SMILES string of the molecule is O=CCOCC1OC(OC2C(OC(=O)c3ccccc3)C(NC(=O)OCc3ccccc3)CC(NC(=O)OCc3ccccc3)C2OC2OC3COC(c4ccccc4)OC3C(OC(=O)c3ccccc3)C2NC(=O)OCc2ccccc2)C(OC(=O)c2ccccc2)C1OC1OC(CNC(=O)OCc2ccccc2)C(OC(=O)c2ccccc2)C(OC(=O)c2ccccc2)C1NC(=O)OCc1ccccc1. The first-order valence-corrected chi connectivity index (χ1v) is 45.9. The number of rotatable bonds is 37. The number of hydrogen-bond acceptors (Lipinski definition) is 30. The predicted octanol–water partition coefficient (Wildman–Crippen LogP) is 13.3. The van der Waals surface area contributed by atoms with Crippen molar-refractivity contribution in [2.75, 3.05) is 26.4 Å². The van der Waals surface area contributed by atoms with Gasteiger partial charge >= 0.3 is 60.3 Å². The molecular formula is C107H101N5O30. The van der Waals surface area contributed by atoms with Gasteiger partial charge in [-0.25, -0.2) is 47.9 Å². The third kappa shape index (κ3) is 27.1. The molecule has 4 heterocycles. The van der Waals surface area contributed by atoms with Gasteiger partial charge in [0.2, 0.25) is 0 Å². The van der Waals surface area contributed by atoms with Crippen LogP contribution in [-0.4, -0.2) is 209 Å². The molecule has 0 radical (unpaired) electrons. The fourth-order valence-corrected chi connectivity index (χ4v) is 16.7. The number of carbonyl (C=O) groups excluding carboxylic acids is 11. The van der Waals surface area contributed by atoms with Crippen molar-refractivity contribution in [2.24, 2.45) is 0 Å². The molecule has 5 amide bonds. The van der Waals surface area contributed by atoms with Crippen molar-refractivity contribution in [2.45, 2.75) is 162 Å². The lowest BCUT2D eigenvalue weighted by atomic mass is 9.83. The molecule has 0 bridgehead atoms. The zero-order chi connectivity index (χ0) is 98.3. The zero-order valence-corrected chi connectivity index (χ0v) is 76.2. The van der Waals surface area contributed by atoms with Crippen LogP contribution in [0.5, 0.6) is 0 Å². The van der Waals surface area contributed by atoms with E-state index in [0.717, 1.165) is 0 Å². The molecule has 0 spiro atoms. The van der Waals surface area contributed by atoms with Crippen LogP contribution in [0.3, 0.4) is 0 Å². The molecule has 11 aromatic carbocycles. The van der Waals surface area contributed by atoms with E-state index in [-0.39, 0.29) is 67.5 Å². The van der Waals surface area contributed by atoms with Crippen molar-refractivity contribution >= 4 is 66.6 Å². The Bertz CT molecular complexity index is 5960. The van der Waals surface area contributed by atoms with Gasteiger partial charge in [0.25, 0.3) is 0 Å². The maximum absolute atomic E-state index is 15.7. The van der Waals surface area contributed by atoms with Crippen LogP contribution in [0.1, 0.15) is 97.9 Å². The maximum Gasteiger partial charge on any atom is 0.407 e. The van der Waals surface area contributed by atoms with E-state index in [9.17, 15) is 14.4 Å². The predicted molar refractivity (Wildman–Crippen MR) is 499 cm³/mol. The van der Waals surface area contributed by atoms with Gasteiger partial charge in [0.05, 0.1) is 59.7 Å². The first kappa shape index (κ1) is 99.4. The van der Waals surface area contributed by atoms with Gasteiger partial charge in [0.1, 0.15) is 101 Å². The molecule has 35 heteroatoms. The lowest BCUT2D eigenvalue weighted by molar-refractivity contribution is -0.357. The molecule has 734 valence electrons. The van der Waals surface area contributed by atoms with Crippen molar-refractivity contribution in [1.29, 1.82) is 0 Å². The number of nitrogens with one attached hydrogen (secondary N) is 5. The number of aldehydes is 1. The summed E-state index contributed by atoms with van der Waals surface area (Å²) in [4.78, 5) is 164. The number of carbonyl (C=O) groups is 11. The summed E-state index contributed by atoms with van der Waals surface area (Å²) >= 11 is 0. The van der Waals surface area contributed by atoms with Crippen LogP contribution in [-0.2, 0) is 128 Å². The average Bonchev–Trinajstić information content (AvgIpc) is 1.21. The van der Waals surface area contributed by atoms with Gasteiger partial charge in [-0.1, -0.05) is 273 Å². The van der Waals surface area contributed by atoms with Gasteiger partial charge < -0.3 is 121 Å². The number of fused-ring (bicyclic) bond motifs is 1. The summed E-state index contributed by atoms with van der Waals surface area (Å²) in [6, 6.07) is 82.7. The van der Waals surface area contributed by atoms with Crippen LogP contribution in [0.15, 0.2) is 334 Å². The second-order valence-corrected chi connectivity index (χ2v) is 33.3. The lowest BCUT2D eigenvalue weighted by Gasteiger charge is -2.51. The Kier molecular flexibility index (Phi) is 34.9. The van der Waals surface area contributed by atoms with Gasteiger partial charge in [-0.3, -0.25) is 0 Å². The molecule has 20 unspecified atom stereocenters. The van der Waals surface area contributed by atoms with Crippen molar-refractivity contribution in [3.8, 4) is 0 Å². The van der Waals surface area contributed by atoms with E-state index in [1.165, 1.54) is 72.8 Å². The zero-order valence-electron chi connectivity index (χ0n) is 76.2. The highest BCUT2D eigenvalue weighted by Crippen LogP contribution is 2.43. The van der Waals surface area contributed by atoms with E-state index < -0.39 is 209 Å². The highest BCUT2D eigenvalue weighted by Gasteiger charge is 2.62. The largest absolute Gasteiger partial charge is 0.454 e. The Labute approximate surface area is 815 Å². The van der Waals surface area contributed by atoms with Crippen LogP contribution >= 0.6 is 0 Å². The Morgan fingerprint density at radius 2 is 0.627 bits per heavy atom. The van der Waals surface area contributed by atoms with Gasteiger partial charge in [0.15, 0.2) is 55.7 Å². The third-order valence-corrected chi connectivity index (χ3v) is 23.6. The summed E-state index contributed by atoms with van der Waals surface area (Å²) in [5.41, 5.74) is 2.94. The fourth-order valence-electron chi connectivity index (χ4n) is 16.7. The van der Waals surface area contributed by atoms with Gasteiger partial charge in [-0.15, -0.1) is 0 Å². The minimum atomic E-state index is -2.27. The van der Waals surface area contributed by atoms with Crippen LogP contribution < -0.4 is 26.6 Å². The highest BCUT2D eigenvalue weighted by molar-refractivity contribution is 5.92. The quantitative estimate of drug-likeness (QED) is 0.0104. The summed E-state index contributed by atoms with van der Waals surface area (Å²) in [7, 11) is 0. The van der Waals surface area contributed by atoms with Crippen LogP contribution in [0, 0.1) is 0 Å². The monoisotopic (exact) mass is 1940 g/mol. The van der Waals surface area contributed by atoms with Crippen LogP contribution in [0.25, 0.3) is 0 Å². The average molecular weight is 1940 g/mol.